The van der Waals surface area contributed by atoms with Crippen LogP contribution in [0.5, 0.6) is 0 Å². The topological polar surface area (TPSA) is 33.3 Å². The van der Waals surface area contributed by atoms with Gasteiger partial charge >= 0.3 is 0 Å². The van der Waals surface area contributed by atoms with Gasteiger partial charge in [-0.3, -0.25) is 0 Å². The minimum absolute atomic E-state index is 0.769. The van der Waals surface area contributed by atoms with Crippen LogP contribution in [0, 0.1) is 0 Å². The summed E-state index contributed by atoms with van der Waals surface area (Å²) < 4.78 is 4.94. The van der Waals surface area contributed by atoms with Crippen LogP contribution < -0.4 is 10.6 Å². The van der Waals surface area contributed by atoms with Crippen molar-refractivity contribution in [1.82, 2.24) is 10.6 Å². The predicted molar refractivity (Wildman–Crippen MR) is 72.8 cm³/mol. The highest BCUT2D eigenvalue weighted by atomic mass is 35.5. The maximum Gasteiger partial charge on any atom is 0.0587 e. The van der Waals surface area contributed by atoms with E-state index in [1.54, 1.807) is 7.11 Å². The van der Waals surface area contributed by atoms with Crippen molar-refractivity contribution in [2.45, 2.75) is 6.42 Å². The average molecular weight is 257 g/mol. The van der Waals surface area contributed by atoms with Gasteiger partial charge in [-0.05, 0) is 30.7 Å². The first-order chi connectivity index (χ1) is 8.33. The molecule has 0 aromatic heterocycles. The number of hydrogen-bond acceptors (Lipinski definition) is 3. The molecule has 0 bridgehead atoms. The Bertz CT molecular complexity index is 290. The zero-order valence-corrected chi connectivity index (χ0v) is 11.1. The van der Waals surface area contributed by atoms with Gasteiger partial charge in [-0.2, -0.15) is 0 Å². The summed E-state index contributed by atoms with van der Waals surface area (Å²) in [5.41, 5.74) is 1.31. The van der Waals surface area contributed by atoms with Crippen molar-refractivity contribution in [1.29, 1.82) is 0 Å². The number of ether oxygens (including phenoxy) is 1. The van der Waals surface area contributed by atoms with Crippen molar-refractivity contribution in [3.8, 4) is 0 Å². The summed E-state index contributed by atoms with van der Waals surface area (Å²) in [4.78, 5) is 0. The molecule has 0 aliphatic carbocycles. The molecule has 0 radical (unpaired) electrons. The molecular formula is C13H21ClN2O. The summed E-state index contributed by atoms with van der Waals surface area (Å²) in [6, 6.07) is 8.01. The van der Waals surface area contributed by atoms with Crippen LogP contribution in [-0.2, 0) is 11.2 Å². The Kier molecular flexibility index (Phi) is 8.01. The summed E-state index contributed by atoms with van der Waals surface area (Å²) in [6.07, 6.45) is 1.04. The molecule has 0 aliphatic rings. The lowest BCUT2D eigenvalue weighted by molar-refractivity contribution is 0.199. The highest BCUT2D eigenvalue weighted by Gasteiger charge is 1.93. The van der Waals surface area contributed by atoms with E-state index >= 15 is 0 Å². The lowest BCUT2D eigenvalue weighted by atomic mass is 10.1. The summed E-state index contributed by atoms with van der Waals surface area (Å²) in [7, 11) is 1.71. The molecule has 0 aliphatic heterocycles. The van der Waals surface area contributed by atoms with E-state index in [0.717, 1.165) is 44.2 Å². The number of methoxy groups -OCH3 is 1. The summed E-state index contributed by atoms with van der Waals surface area (Å²) in [5.74, 6) is 0. The molecule has 0 amide bonds. The van der Waals surface area contributed by atoms with Gasteiger partial charge in [-0.25, -0.2) is 0 Å². The Morgan fingerprint density at radius 1 is 1.00 bits per heavy atom. The third-order valence-corrected chi connectivity index (χ3v) is 2.72. The average Bonchev–Trinajstić information content (AvgIpc) is 2.35. The number of nitrogens with one attached hydrogen (secondary N) is 2. The molecule has 0 fully saturated rings. The lowest BCUT2D eigenvalue weighted by Crippen LogP contribution is -2.30. The number of rotatable bonds is 9. The van der Waals surface area contributed by atoms with E-state index in [1.807, 2.05) is 12.1 Å². The van der Waals surface area contributed by atoms with E-state index in [2.05, 4.69) is 22.8 Å². The van der Waals surface area contributed by atoms with Crippen LogP contribution in [0.2, 0.25) is 5.02 Å². The second-order valence-corrected chi connectivity index (χ2v) is 4.31. The second-order valence-electron chi connectivity index (χ2n) is 3.87. The van der Waals surface area contributed by atoms with Crippen molar-refractivity contribution in [2.75, 3.05) is 39.9 Å². The molecule has 3 nitrogen and oxygen atoms in total. The lowest BCUT2D eigenvalue weighted by Gasteiger charge is -2.06. The molecule has 17 heavy (non-hydrogen) atoms. The van der Waals surface area contributed by atoms with Crippen LogP contribution in [0.25, 0.3) is 0 Å². The van der Waals surface area contributed by atoms with Crippen LogP contribution in [0.3, 0.4) is 0 Å². The zero-order chi connectivity index (χ0) is 12.3. The van der Waals surface area contributed by atoms with Gasteiger partial charge in [0.25, 0.3) is 0 Å². The normalized spacial score (nSPS) is 10.7. The molecule has 2 N–H and O–H groups in total. The van der Waals surface area contributed by atoms with Gasteiger partial charge in [-0.15, -0.1) is 0 Å². The van der Waals surface area contributed by atoms with Gasteiger partial charge < -0.3 is 15.4 Å². The van der Waals surface area contributed by atoms with Gasteiger partial charge in [0.05, 0.1) is 6.61 Å². The van der Waals surface area contributed by atoms with Crippen LogP contribution >= 0.6 is 11.6 Å². The quantitative estimate of drug-likeness (QED) is 0.660. The second kappa shape index (κ2) is 9.42. The predicted octanol–water partition coefficient (Wildman–Crippen LogP) is 1.71. The fourth-order valence-electron chi connectivity index (χ4n) is 1.48. The first-order valence-corrected chi connectivity index (χ1v) is 6.35. The van der Waals surface area contributed by atoms with Gasteiger partial charge in [0.2, 0.25) is 0 Å². The largest absolute Gasteiger partial charge is 0.383 e. The van der Waals surface area contributed by atoms with Gasteiger partial charge in [-0.1, -0.05) is 23.7 Å². The molecule has 1 rings (SSSR count). The Morgan fingerprint density at radius 2 is 1.65 bits per heavy atom. The van der Waals surface area contributed by atoms with Crippen molar-refractivity contribution in [2.24, 2.45) is 0 Å². The molecule has 4 heteroatoms. The molecule has 0 atom stereocenters. The Morgan fingerprint density at radius 3 is 2.29 bits per heavy atom. The van der Waals surface area contributed by atoms with E-state index < -0.39 is 0 Å². The van der Waals surface area contributed by atoms with Crippen molar-refractivity contribution < 1.29 is 4.74 Å². The standard InChI is InChI=1S/C13H21ClN2O/c1-17-11-10-16-9-8-15-7-6-12-2-4-13(14)5-3-12/h2-5,15-16H,6-11H2,1H3. The smallest absolute Gasteiger partial charge is 0.0587 e. The Labute approximate surface area is 109 Å². The van der Waals surface area contributed by atoms with Crippen LogP contribution in [0.15, 0.2) is 24.3 Å². The molecule has 0 unspecified atom stereocenters. The first-order valence-electron chi connectivity index (χ1n) is 5.98. The van der Waals surface area contributed by atoms with Gasteiger partial charge in [0.1, 0.15) is 0 Å². The van der Waals surface area contributed by atoms with Crippen LogP contribution in [0.1, 0.15) is 5.56 Å². The van der Waals surface area contributed by atoms with Crippen molar-refractivity contribution in [3.63, 3.8) is 0 Å². The third-order valence-electron chi connectivity index (χ3n) is 2.47. The fourth-order valence-corrected chi connectivity index (χ4v) is 1.61. The fraction of sp³-hybridized carbons (Fsp3) is 0.538. The summed E-state index contributed by atoms with van der Waals surface area (Å²) in [5, 5.41) is 7.47. The van der Waals surface area contributed by atoms with E-state index in [9.17, 15) is 0 Å². The molecule has 0 saturated heterocycles. The third kappa shape index (κ3) is 7.34. The molecule has 0 spiro atoms. The van der Waals surface area contributed by atoms with E-state index in [1.165, 1.54) is 5.56 Å². The van der Waals surface area contributed by atoms with Crippen LogP contribution in [-0.4, -0.2) is 39.9 Å². The highest BCUT2D eigenvalue weighted by molar-refractivity contribution is 6.30. The molecule has 1 aromatic carbocycles. The van der Waals surface area contributed by atoms with Crippen LogP contribution in [0.4, 0.5) is 0 Å². The molecule has 1 aromatic rings. The molecular weight excluding hydrogens is 236 g/mol. The minimum Gasteiger partial charge on any atom is -0.383 e. The number of halogens is 1. The van der Waals surface area contributed by atoms with E-state index in [4.69, 9.17) is 16.3 Å². The minimum atomic E-state index is 0.769. The maximum atomic E-state index is 5.82. The Balaban J connectivity index is 1.95. The van der Waals surface area contributed by atoms with Gasteiger partial charge in [0, 0.05) is 31.8 Å². The number of benzene rings is 1. The molecule has 0 heterocycles. The molecule has 96 valence electrons. The SMILES string of the molecule is COCCNCCNCCc1ccc(Cl)cc1. The zero-order valence-electron chi connectivity index (χ0n) is 10.3. The van der Waals surface area contributed by atoms with E-state index in [0.29, 0.717) is 0 Å². The maximum absolute atomic E-state index is 5.82. The monoisotopic (exact) mass is 256 g/mol. The first kappa shape index (κ1) is 14.5. The van der Waals surface area contributed by atoms with Crippen molar-refractivity contribution in [3.05, 3.63) is 34.9 Å². The van der Waals surface area contributed by atoms with Gasteiger partial charge in [0.15, 0.2) is 0 Å². The Hall–Kier alpha value is -0.610. The summed E-state index contributed by atoms with van der Waals surface area (Å²) >= 11 is 5.82. The molecule has 0 saturated carbocycles. The highest BCUT2D eigenvalue weighted by Crippen LogP contribution is 2.09. The van der Waals surface area contributed by atoms with Crippen molar-refractivity contribution >= 4 is 11.6 Å². The van der Waals surface area contributed by atoms with E-state index in [-0.39, 0.29) is 0 Å². The summed E-state index contributed by atoms with van der Waals surface area (Å²) in [6.45, 7) is 4.63. The number of hydrogen-bond donors (Lipinski definition) is 2.